The Labute approximate surface area is 169 Å². The van der Waals surface area contributed by atoms with E-state index in [1.807, 2.05) is 0 Å². The van der Waals surface area contributed by atoms with Crippen LogP contribution in [0.2, 0.25) is 5.04 Å². The third-order valence-electron chi connectivity index (χ3n) is 4.73. The molecule has 0 aromatic heterocycles. The summed E-state index contributed by atoms with van der Waals surface area (Å²) in [5.41, 5.74) is 6.45. The maximum absolute atomic E-state index is 13.1. The van der Waals surface area contributed by atoms with Gasteiger partial charge in [0.2, 0.25) is 0 Å². The second kappa shape index (κ2) is 9.06. The van der Waals surface area contributed by atoms with Crippen LogP contribution in [0.15, 0.2) is 24.3 Å². The molecule has 1 heterocycles. The maximum atomic E-state index is 13.1. The Balaban J connectivity index is 0.00000338. The summed E-state index contributed by atoms with van der Waals surface area (Å²) in [5.74, 6) is -0.375. The number of Topliss-reactive ketones (excluding diaryl/α,β-unsaturated/α-hetero) is 1. The van der Waals surface area contributed by atoms with Crippen LogP contribution in [-0.2, 0) is 4.43 Å². The predicted molar refractivity (Wildman–Crippen MR) is 112 cm³/mol. The molecule has 1 aromatic rings. The van der Waals surface area contributed by atoms with Gasteiger partial charge < -0.3 is 10.2 Å². The first kappa shape index (κ1) is 23.4. The van der Waals surface area contributed by atoms with Gasteiger partial charge in [-0.2, -0.15) is 0 Å². The molecule has 1 aliphatic heterocycles. The molecule has 1 aliphatic rings. The van der Waals surface area contributed by atoms with Gasteiger partial charge in [-0.1, -0.05) is 20.8 Å². The van der Waals surface area contributed by atoms with Crippen LogP contribution in [0.1, 0.15) is 57.8 Å². The summed E-state index contributed by atoms with van der Waals surface area (Å²) < 4.78 is 19.4. The van der Waals surface area contributed by atoms with Gasteiger partial charge in [0.1, 0.15) is 5.82 Å². The van der Waals surface area contributed by atoms with Gasteiger partial charge in [-0.05, 0) is 56.0 Å². The minimum absolute atomic E-state index is 0. The van der Waals surface area contributed by atoms with E-state index < -0.39 is 9.76 Å². The van der Waals surface area contributed by atoms with Crippen molar-refractivity contribution in [1.29, 1.82) is 0 Å². The number of carbonyl (C=O) groups is 1. The van der Waals surface area contributed by atoms with Gasteiger partial charge in [-0.25, -0.2) is 4.39 Å². The SMILES string of the molecule is Br.CC(C)(C)[SiH2]OC(C)(C)C1CC[C@@H](N)N1CC(=O)c1ccc(F)cc1. The second-order valence-corrected chi connectivity index (χ2v) is 11.4. The zero-order valence-electron chi connectivity index (χ0n) is 16.4. The van der Waals surface area contributed by atoms with E-state index in [9.17, 15) is 9.18 Å². The molecule has 7 heteroatoms. The molecule has 0 amide bonds. The van der Waals surface area contributed by atoms with E-state index in [2.05, 4.69) is 39.5 Å². The average molecular weight is 447 g/mol. The van der Waals surface area contributed by atoms with Crippen molar-refractivity contribution in [2.75, 3.05) is 6.54 Å². The van der Waals surface area contributed by atoms with Crippen molar-refractivity contribution in [2.45, 2.75) is 70.3 Å². The van der Waals surface area contributed by atoms with E-state index >= 15 is 0 Å². The molecule has 26 heavy (non-hydrogen) atoms. The third kappa shape index (κ3) is 6.23. The lowest BCUT2D eigenvalue weighted by Gasteiger charge is -2.40. The van der Waals surface area contributed by atoms with E-state index in [1.54, 1.807) is 0 Å². The predicted octanol–water partition coefficient (Wildman–Crippen LogP) is 3.43. The summed E-state index contributed by atoms with van der Waals surface area (Å²) in [6.45, 7) is 11.0. The lowest BCUT2D eigenvalue weighted by molar-refractivity contribution is 0.00999. The van der Waals surface area contributed by atoms with Crippen molar-refractivity contribution in [3.05, 3.63) is 35.6 Å². The lowest BCUT2D eigenvalue weighted by Crippen LogP contribution is -2.54. The molecule has 0 radical (unpaired) electrons. The number of hydrogen-bond donors (Lipinski definition) is 1. The molecule has 4 nitrogen and oxygen atoms in total. The topological polar surface area (TPSA) is 55.6 Å². The van der Waals surface area contributed by atoms with E-state index in [0.29, 0.717) is 5.56 Å². The molecule has 0 aliphatic carbocycles. The number of nitrogens with zero attached hydrogens (tertiary/aromatic N) is 1. The largest absolute Gasteiger partial charge is 0.417 e. The fourth-order valence-electron chi connectivity index (χ4n) is 3.26. The highest BCUT2D eigenvalue weighted by Crippen LogP contribution is 2.33. The van der Waals surface area contributed by atoms with Crippen LogP contribution in [0.3, 0.4) is 0 Å². The molecule has 148 valence electrons. The van der Waals surface area contributed by atoms with Gasteiger partial charge >= 0.3 is 0 Å². The highest BCUT2D eigenvalue weighted by Gasteiger charge is 2.42. The molecule has 1 fully saturated rings. The Morgan fingerprint density at radius 2 is 1.81 bits per heavy atom. The first-order valence-corrected chi connectivity index (χ1v) is 10.2. The Hall–Kier alpha value is -0.603. The monoisotopic (exact) mass is 446 g/mol. The molecule has 1 saturated heterocycles. The number of likely N-dealkylation sites (tertiary alicyclic amines) is 1. The van der Waals surface area contributed by atoms with Gasteiger partial charge in [0.25, 0.3) is 0 Å². The molecular formula is C19H32BrFN2O2Si. The fraction of sp³-hybridized carbons (Fsp3) is 0.632. The zero-order chi connectivity index (χ0) is 18.8. The minimum Gasteiger partial charge on any atom is -0.417 e. The van der Waals surface area contributed by atoms with Crippen LogP contribution in [0.5, 0.6) is 0 Å². The van der Waals surface area contributed by atoms with Crippen molar-refractivity contribution >= 4 is 32.5 Å². The van der Waals surface area contributed by atoms with Crippen LogP contribution in [-0.4, -0.2) is 44.8 Å². The Morgan fingerprint density at radius 1 is 1.23 bits per heavy atom. The van der Waals surface area contributed by atoms with Crippen molar-refractivity contribution in [2.24, 2.45) is 5.73 Å². The molecular weight excluding hydrogens is 415 g/mol. The van der Waals surface area contributed by atoms with Gasteiger partial charge in [0.15, 0.2) is 15.5 Å². The summed E-state index contributed by atoms with van der Waals surface area (Å²) in [7, 11) is -0.704. The van der Waals surface area contributed by atoms with Gasteiger partial charge in [0.05, 0.1) is 18.3 Å². The maximum Gasteiger partial charge on any atom is 0.176 e. The van der Waals surface area contributed by atoms with Crippen molar-refractivity contribution < 1.29 is 13.6 Å². The summed E-state index contributed by atoms with van der Waals surface area (Å²) in [4.78, 5) is 14.7. The standard InChI is InChI=1S/C19H31FN2O2Si.BrH/c1-18(2,3)25-24-19(4,5)16-10-11-17(21)22(16)12-15(23)13-6-8-14(20)9-7-13;/h6-9,16-17H,10-12,21,25H2,1-5H3;1H/t16?,17-;/m0./s1. The molecule has 1 aromatic carbocycles. The first-order valence-electron chi connectivity index (χ1n) is 8.94. The molecule has 0 spiro atoms. The smallest absolute Gasteiger partial charge is 0.176 e. The molecule has 1 unspecified atom stereocenters. The number of benzene rings is 1. The fourth-order valence-corrected chi connectivity index (χ4v) is 4.25. The highest BCUT2D eigenvalue weighted by atomic mass is 79.9. The third-order valence-corrected chi connectivity index (χ3v) is 6.49. The number of hydrogen-bond acceptors (Lipinski definition) is 4. The zero-order valence-corrected chi connectivity index (χ0v) is 19.5. The molecule has 0 bridgehead atoms. The number of nitrogens with two attached hydrogens (primary N) is 1. The van der Waals surface area contributed by atoms with Crippen LogP contribution in [0.25, 0.3) is 0 Å². The van der Waals surface area contributed by atoms with E-state index in [0.717, 1.165) is 12.8 Å². The van der Waals surface area contributed by atoms with E-state index in [-0.39, 0.29) is 58.0 Å². The molecule has 2 N–H and O–H groups in total. The summed E-state index contributed by atoms with van der Waals surface area (Å²) >= 11 is 0. The van der Waals surface area contributed by atoms with E-state index in [1.165, 1.54) is 24.3 Å². The number of carbonyl (C=O) groups excluding carboxylic acids is 1. The van der Waals surface area contributed by atoms with Crippen LogP contribution >= 0.6 is 17.0 Å². The van der Waals surface area contributed by atoms with Crippen LogP contribution < -0.4 is 5.73 Å². The molecule has 2 atom stereocenters. The number of rotatable bonds is 6. The molecule has 2 rings (SSSR count). The summed E-state index contributed by atoms with van der Waals surface area (Å²) in [6.07, 6.45) is 1.63. The Bertz CT molecular complexity index is 605. The van der Waals surface area contributed by atoms with Crippen LogP contribution in [0, 0.1) is 5.82 Å². The summed E-state index contributed by atoms with van der Waals surface area (Å²) in [6, 6.07) is 5.81. The van der Waals surface area contributed by atoms with Crippen molar-refractivity contribution in [1.82, 2.24) is 4.90 Å². The van der Waals surface area contributed by atoms with Crippen LogP contribution in [0.4, 0.5) is 4.39 Å². The highest BCUT2D eigenvalue weighted by molar-refractivity contribution is 8.93. The van der Waals surface area contributed by atoms with Gasteiger partial charge in [0, 0.05) is 11.6 Å². The molecule has 0 saturated carbocycles. The number of halogens is 2. The quantitative estimate of drug-likeness (QED) is 0.536. The second-order valence-electron chi connectivity index (χ2n) is 8.72. The van der Waals surface area contributed by atoms with Crippen molar-refractivity contribution in [3.8, 4) is 0 Å². The normalized spacial score (nSPS) is 22.0. The lowest BCUT2D eigenvalue weighted by atomic mass is 9.96. The average Bonchev–Trinajstić information content (AvgIpc) is 2.87. The van der Waals surface area contributed by atoms with Gasteiger partial charge in [-0.15, -0.1) is 17.0 Å². The van der Waals surface area contributed by atoms with Crippen molar-refractivity contribution in [3.63, 3.8) is 0 Å². The van der Waals surface area contributed by atoms with Gasteiger partial charge in [-0.3, -0.25) is 9.69 Å². The Morgan fingerprint density at radius 3 is 2.35 bits per heavy atom. The Kier molecular flexibility index (Phi) is 8.17. The minimum atomic E-state index is -0.704. The number of ketones is 1. The summed E-state index contributed by atoms with van der Waals surface area (Å²) in [5, 5.41) is 0.215. The first-order chi connectivity index (χ1) is 11.5. The van der Waals surface area contributed by atoms with E-state index in [4.69, 9.17) is 10.2 Å².